The molecule has 6 nitrogen and oxygen atoms in total. The molecule has 0 saturated carbocycles. The van der Waals surface area contributed by atoms with Crippen LogP contribution < -0.4 is 4.74 Å². The van der Waals surface area contributed by atoms with E-state index >= 15 is 0 Å². The first-order valence-electron chi connectivity index (χ1n) is 11.1. The SMILES string of the molecule is Cc1ccc2c(c1)C(N1CCN(C(=O)c3cccc(C#N)c3)[C@@H](C)C1)=Nc1ccccc1O2. The van der Waals surface area contributed by atoms with Crippen molar-refractivity contribution in [2.24, 2.45) is 4.99 Å². The third-order valence-electron chi connectivity index (χ3n) is 6.11. The molecule has 33 heavy (non-hydrogen) atoms. The van der Waals surface area contributed by atoms with Gasteiger partial charge in [-0.15, -0.1) is 0 Å². The molecule has 1 fully saturated rings. The van der Waals surface area contributed by atoms with Gasteiger partial charge in [0.1, 0.15) is 17.3 Å². The Morgan fingerprint density at radius 3 is 2.73 bits per heavy atom. The van der Waals surface area contributed by atoms with Crippen LogP contribution in [0.3, 0.4) is 0 Å². The summed E-state index contributed by atoms with van der Waals surface area (Å²) in [4.78, 5) is 22.3. The van der Waals surface area contributed by atoms with Gasteiger partial charge in [-0.3, -0.25) is 4.79 Å². The Balaban J connectivity index is 1.45. The molecule has 164 valence electrons. The second-order valence-corrected chi connectivity index (χ2v) is 8.49. The molecule has 0 aromatic heterocycles. The fourth-order valence-electron chi connectivity index (χ4n) is 4.42. The standard InChI is InChI=1S/C27H24N4O2/c1-18-10-11-24-22(14-18)26(29-23-8-3-4-9-25(23)33-24)30-12-13-31(19(2)17-30)27(32)21-7-5-6-20(15-21)16-28/h3-11,14-15,19H,12-13,17H2,1-2H3/t19-/m0/s1. The molecule has 0 spiro atoms. The number of nitrogens with zero attached hydrogens (tertiary/aromatic N) is 4. The Morgan fingerprint density at radius 2 is 1.91 bits per heavy atom. The van der Waals surface area contributed by atoms with E-state index in [0.29, 0.717) is 30.8 Å². The predicted octanol–water partition coefficient (Wildman–Crippen LogP) is 4.90. The number of rotatable bonds is 1. The summed E-state index contributed by atoms with van der Waals surface area (Å²) < 4.78 is 6.21. The summed E-state index contributed by atoms with van der Waals surface area (Å²) in [5.41, 5.74) is 3.92. The lowest BCUT2D eigenvalue weighted by Gasteiger charge is -2.41. The third-order valence-corrected chi connectivity index (χ3v) is 6.11. The number of aliphatic imine (C=N–C) groups is 1. The third kappa shape index (κ3) is 3.94. The lowest BCUT2D eigenvalue weighted by molar-refractivity contribution is 0.0581. The molecule has 0 radical (unpaired) electrons. The van der Waals surface area contributed by atoms with Gasteiger partial charge in [0, 0.05) is 31.2 Å². The van der Waals surface area contributed by atoms with Crippen molar-refractivity contribution in [1.82, 2.24) is 9.80 Å². The van der Waals surface area contributed by atoms with E-state index in [0.717, 1.165) is 34.1 Å². The van der Waals surface area contributed by atoms with Crippen LogP contribution in [0.2, 0.25) is 0 Å². The summed E-state index contributed by atoms with van der Waals surface area (Å²) in [5, 5.41) is 9.17. The molecule has 0 N–H and O–H groups in total. The van der Waals surface area contributed by atoms with Crippen molar-refractivity contribution in [1.29, 1.82) is 5.26 Å². The maximum absolute atomic E-state index is 13.2. The van der Waals surface area contributed by atoms with Crippen molar-refractivity contribution >= 4 is 17.4 Å². The van der Waals surface area contributed by atoms with Crippen LogP contribution in [-0.2, 0) is 0 Å². The molecule has 2 aliphatic rings. The van der Waals surface area contributed by atoms with Gasteiger partial charge in [-0.2, -0.15) is 5.26 Å². The fourth-order valence-corrected chi connectivity index (χ4v) is 4.42. The quantitative estimate of drug-likeness (QED) is 0.544. The summed E-state index contributed by atoms with van der Waals surface area (Å²) in [6.45, 7) is 5.99. The maximum Gasteiger partial charge on any atom is 0.254 e. The van der Waals surface area contributed by atoms with Gasteiger partial charge in [0.05, 0.1) is 17.2 Å². The second-order valence-electron chi connectivity index (χ2n) is 8.49. The van der Waals surface area contributed by atoms with Crippen LogP contribution in [0.15, 0.2) is 71.7 Å². The summed E-state index contributed by atoms with van der Waals surface area (Å²) in [6.07, 6.45) is 0. The Hall–Kier alpha value is -4.11. The van der Waals surface area contributed by atoms with Gasteiger partial charge in [-0.1, -0.05) is 29.8 Å². The number of carbonyl (C=O) groups excluding carboxylic acids is 1. The monoisotopic (exact) mass is 436 g/mol. The molecule has 2 aliphatic heterocycles. The van der Waals surface area contributed by atoms with Crippen molar-refractivity contribution in [2.45, 2.75) is 19.9 Å². The van der Waals surface area contributed by atoms with Gasteiger partial charge in [-0.05, 0) is 56.3 Å². The molecule has 1 amide bonds. The van der Waals surface area contributed by atoms with Crippen molar-refractivity contribution in [2.75, 3.05) is 19.6 Å². The molecule has 0 bridgehead atoms. The molecule has 5 rings (SSSR count). The van der Waals surface area contributed by atoms with E-state index in [1.54, 1.807) is 24.3 Å². The topological polar surface area (TPSA) is 68.9 Å². The van der Waals surface area contributed by atoms with Gasteiger partial charge >= 0.3 is 0 Å². The molecule has 1 atom stereocenters. The van der Waals surface area contributed by atoms with E-state index in [1.165, 1.54) is 0 Å². The molecule has 0 unspecified atom stereocenters. The summed E-state index contributed by atoms with van der Waals surface area (Å²) in [7, 11) is 0. The highest BCUT2D eigenvalue weighted by molar-refractivity contribution is 6.04. The first-order valence-corrected chi connectivity index (χ1v) is 11.1. The van der Waals surface area contributed by atoms with Crippen LogP contribution in [0.5, 0.6) is 11.5 Å². The van der Waals surface area contributed by atoms with Crippen LogP contribution in [0.1, 0.15) is 34.0 Å². The lowest BCUT2D eigenvalue weighted by Crippen LogP contribution is -2.55. The number of ether oxygens (including phenoxy) is 1. The minimum Gasteiger partial charge on any atom is -0.454 e. The van der Waals surface area contributed by atoms with Crippen molar-refractivity contribution < 1.29 is 9.53 Å². The number of para-hydroxylation sites is 2. The first-order chi connectivity index (χ1) is 16.0. The number of hydrogen-bond acceptors (Lipinski definition) is 5. The molecule has 3 aromatic carbocycles. The largest absolute Gasteiger partial charge is 0.454 e. The summed E-state index contributed by atoms with van der Waals surface area (Å²) in [6, 6.07) is 22.9. The van der Waals surface area contributed by atoms with Crippen LogP contribution in [0.25, 0.3) is 0 Å². The molecule has 3 aromatic rings. The number of benzene rings is 3. The highest BCUT2D eigenvalue weighted by Gasteiger charge is 2.32. The average molecular weight is 437 g/mol. The summed E-state index contributed by atoms with van der Waals surface area (Å²) in [5.74, 6) is 2.33. The van der Waals surface area contributed by atoms with Gasteiger partial charge < -0.3 is 14.5 Å². The van der Waals surface area contributed by atoms with E-state index < -0.39 is 0 Å². The number of hydrogen-bond donors (Lipinski definition) is 0. The lowest BCUT2D eigenvalue weighted by atomic mass is 10.1. The Morgan fingerprint density at radius 1 is 1.06 bits per heavy atom. The van der Waals surface area contributed by atoms with E-state index in [-0.39, 0.29) is 11.9 Å². The number of nitriles is 1. The minimum atomic E-state index is -0.0491. The number of aryl methyl sites for hydroxylation is 1. The molecular formula is C27H24N4O2. The number of carbonyl (C=O) groups is 1. The molecule has 6 heteroatoms. The maximum atomic E-state index is 13.2. The van der Waals surface area contributed by atoms with Gasteiger partial charge in [0.2, 0.25) is 0 Å². The smallest absolute Gasteiger partial charge is 0.254 e. The second kappa shape index (κ2) is 8.44. The Labute approximate surface area is 193 Å². The van der Waals surface area contributed by atoms with Gasteiger partial charge in [0.15, 0.2) is 5.75 Å². The highest BCUT2D eigenvalue weighted by Crippen LogP contribution is 2.38. The molecule has 2 heterocycles. The highest BCUT2D eigenvalue weighted by atomic mass is 16.5. The van der Waals surface area contributed by atoms with Gasteiger partial charge in [-0.25, -0.2) is 4.99 Å². The Kier molecular flexibility index (Phi) is 5.31. The number of amides is 1. The fraction of sp³-hybridized carbons (Fsp3) is 0.222. The zero-order valence-electron chi connectivity index (χ0n) is 18.7. The van der Waals surface area contributed by atoms with E-state index in [1.807, 2.05) is 41.3 Å². The average Bonchev–Trinajstić information content (AvgIpc) is 3.00. The Bertz CT molecular complexity index is 1310. The summed E-state index contributed by atoms with van der Waals surface area (Å²) >= 11 is 0. The van der Waals surface area contributed by atoms with E-state index in [9.17, 15) is 10.1 Å². The predicted molar refractivity (Wildman–Crippen MR) is 127 cm³/mol. The molecular weight excluding hydrogens is 412 g/mol. The van der Waals surface area contributed by atoms with E-state index in [2.05, 4.69) is 30.9 Å². The van der Waals surface area contributed by atoms with E-state index in [4.69, 9.17) is 9.73 Å². The molecule has 1 saturated heterocycles. The van der Waals surface area contributed by atoms with Crippen molar-refractivity contribution in [3.05, 3.63) is 89.0 Å². The van der Waals surface area contributed by atoms with Crippen LogP contribution in [0.4, 0.5) is 5.69 Å². The number of amidine groups is 1. The number of piperazine rings is 1. The van der Waals surface area contributed by atoms with Crippen LogP contribution in [0, 0.1) is 18.3 Å². The van der Waals surface area contributed by atoms with Crippen molar-refractivity contribution in [3.63, 3.8) is 0 Å². The zero-order valence-corrected chi connectivity index (χ0v) is 18.7. The van der Waals surface area contributed by atoms with Crippen molar-refractivity contribution in [3.8, 4) is 17.6 Å². The van der Waals surface area contributed by atoms with Gasteiger partial charge in [0.25, 0.3) is 5.91 Å². The first kappa shape index (κ1) is 20.8. The molecule has 0 aliphatic carbocycles. The zero-order chi connectivity index (χ0) is 22.9. The van der Waals surface area contributed by atoms with Crippen LogP contribution in [-0.4, -0.2) is 47.2 Å². The van der Waals surface area contributed by atoms with Crippen LogP contribution >= 0.6 is 0 Å². The number of fused-ring (bicyclic) bond motifs is 2. The normalized spacial score (nSPS) is 17.1. The minimum absolute atomic E-state index is 0.0210.